The second kappa shape index (κ2) is 6.60. The molecule has 0 heterocycles. The van der Waals surface area contributed by atoms with Gasteiger partial charge in [0.2, 0.25) is 5.91 Å². The van der Waals surface area contributed by atoms with Crippen LogP contribution in [-0.2, 0) is 11.2 Å². The zero-order valence-electron chi connectivity index (χ0n) is 11.7. The predicted octanol–water partition coefficient (Wildman–Crippen LogP) is 2.75. The van der Waals surface area contributed by atoms with E-state index in [1.54, 1.807) is 0 Å². The minimum absolute atomic E-state index is 0.163. The Labute approximate surface area is 115 Å². The molecule has 2 unspecified atom stereocenters. The number of hydrogen-bond acceptors (Lipinski definition) is 2. The lowest BCUT2D eigenvalue weighted by Crippen LogP contribution is -2.28. The Morgan fingerprint density at radius 1 is 1.32 bits per heavy atom. The molecular formula is C16H24N2O. The number of hydrogen-bond donors (Lipinski definition) is 2. The summed E-state index contributed by atoms with van der Waals surface area (Å²) in [6, 6.07) is 7.74. The zero-order chi connectivity index (χ0) is 13.7. The third-order valence-corrected chi connectivity index (χ3v) is 4.01. The van der Waals surface area contributed by atoms with Gasteiger partial charge in [0.1, 0.15) is 0 Å². The Hall–Kier alpha value is -1.51. The molecule has 2 rings (SSSR count). The van der Waals surface area contributed by atoms with E-state index < -0.39 is 0 Å². The third kappa shape index (κ3) is 4.58. The Morgan fingerprint density at radius 2 is 2.05 bits per heavy atom. The first-order chi connectivity index (χ1) is 9.13. The Balaban J connectivity index is 1.65. The zero-order valence-corrected chi connectivity index (χ0v) is 11.7. The van der Waals surface area contributed by atoms with Gasteiger partial charge in [0.15, 0.2) is 0 Å². The maximum absolute atomic E-state index is 11.8. The van der Waals surface area contributed by atoms with E-state index in [1.165, 1.54) is 24.8 Å². The second-order valence-electron chi connectivity index (χ2n) is 5.83. The first kappa shape index (κ1) is 13.9. The van der Waals surface area contributed by atoms with E-state index >= 15 is 0 Å². The predicted molar refractivity (Wildman–Crippen MR) is 78.7 cm³/mol. The van der Waals surface area contributed by atoms with E-state index in [2.05, 4.69) is 12.2 Å². The number of carbonyl (C=O) groups is 1. The molecule has 1 aromatic rings. The fourth-order valence-electron chi connectivity index (χ4n) is 2.80. The summed E-state index contributed by atoms with van der Waals surface area (Å²) >= 11 is 0. The summed E-state index contributed by atoms with van der Waals surface area (Å²) in [7, 11) is 0. The molecule has 0 radical (unpaired) electrons. The summed E-state index contributed by atoms with van der Waals surface area (Å²) in [5, 5.41) is 3.06. The van der Waals surface area contributed by atoms with E-state index in [0.29, 0.717) is 12.3 Å². The Bertz CT molecular complexity index is 413. The van der Waals surface area contributed by atoms with Crippen LogP contribution in [0.5, 0.6) is 0 Å². The summed E-state index contributed by atoms with van der Waals surface area (Å²) in [4.78, 5) is 11.8. The molecule has 0 aliphatic heterocycles. The van der Waals surface area contributed by atoms with Crippen LogP contribution in [0.3, 0.4) is 0 Å². The van der Waals surface area contributed by atoms with Gasteiger partial charge in [-0.2, -0.15) is 0 Å². The molecule has 3 N–H and O–H groups in total. The van der Waals surface area contributed by atoms with Crippen LogP contribution in [0.2, 0.25) is 0 Å². The van der Waals surface area contributed by atoms with Crippen molar-refractivity contribution >= 4 is 11.6 Å². The standard InChI is InChI=1S/C16H24N2O/c1-12-2-3-14(10-12)11-18-16(19)9-6-13-4-7-15(17)8-5-13/h4-5,7-8,12,14H,2-3,6,9-11,17H2,1H3,(H,18,19). The van der Waals surface area contributed by atoms with Gasteiger partial charge >= 0.3 is 0 Å². The van der Waals surface area contributed by atoms with E-state index in [9.17, 15) is 4.79 Å². The van der Waals surface area contributed by atoms with Crippen LogP contribution in [-0.4, -0.2) is 12.5 Å². The number of carbonyl (C=O) groups excluding carboxylic acids is 1. The summed E-state index contributed by atoms with van der Waals surface area (Å²) in [5.74, 6) is 1.68. The lowest BCUT2D eigenvalue weighted by molar-refractivity contribution is -0.121. The van der Waals surface area contributed by atoms with Crippen molar-refractivity contribution in [3.05, 3.63) is 29.8 Å². The molecule has 0 saturated heterocycles. The lowest BCUT2D eigenvalue weighted by atomic mass is 10.1. The van der Waals surface area contributed by atoms with Gasteiger partial charge < -0.3 is 11.1 Å². The summed E-state index contributed by atoms with van der Waals surface area (Å²) in [5.41, 5.74) is 7.56. The fraction of sp³-hybridized carbons (Fsp3) is 0.562. The van der Waals surface area contributed by atoms with Crippen molar-refractivity contribution in [3.63, 3.8) is 0 Å². The minimum atomic E-state index is 0.163. The Kier molecular flexibility index (Phi) is 4.83. The molecule has 0 bridgehead atoms. The van der Waals surface area contributed by atoms with Crippen LogP contribution in [0.25, 0.3) is 0 Å². The SMILES string of the molecule is CC1CCC(CNC(=O)CCc2ccc(N)cc2)C1. The van der Waals surface area contributed by atoms with Gasteiger partial charge in [-0.1, -0.05) is 25.5 Å². The van der Waals surface area contributed by atoms with Gasteiger partial charge in [-0.25, -0.2) is 0 Å². The van der Waals surface area contributed by atoms with Gasteiger partial charge in [0.05, 0.1) is 0 Å². The quantitative estimate of drug-likeness (QED) is 0.800. The lowest BCUT2D eigenvalue weighted by Gasteiger charge is -2.11. The Morgan fingerprint density at radius 3 is 2.68 bits per heavy atom. The third-order valence-electron chi connectivity index (χ3n) is 4.01. The molecule has 1 aromatic carbocycles. The van der Waals surface area contributed by atoms with Crippen LogP contribution < -0.4 is 11.1 Å². The monoisotopic (exact) mass is 260 g/mol. The molecule has 3 nitrogen and oxygen atoms in total. The van der Waals surface area contributed by atoms with E-state index in [1.807, 2.05) is 24.3 Å². The number of nitrogens with two attached hydrogens (primary N) is 1. The number of aryl methyl sites for hydroxylation is 1. The molecular weight excluding hydrogens is 236 g/mol. The highest BCUT2D eigenvalue weighted by atomic mass is 16.1. The normalized spacial score (nSPS) is 22.4. The molecule has 1 fully saturated rings. The van der Waals surface area contributed by atoms with Crippen LogP contribution in [0.1, 0.15) is 38.2 Å². The van der Waals surface area contributed by atoms with Crippen LogP contribution in [0.15, 0.2) is 24.3 Å². The van der Waals surface area contributed by atoms with Crippen LogP contribution in [0, 0.1) is 11.8 Å². The summed E-state index contributed by atoms with van der Waals surface area (Å²) < 4.78 is 0. The van der Waals surface area contributed by atoms with Crippen molar-refractivity contribution in [1.29, 1.82) is 0 Å². The topological polar surface area (TPSA) is 55.1 Å². The number of anilines is 1. The highest BCUT2D eigenvalue weighted by Crippen LogP contribution is 2.29. The molecule has 1 aliphatic carbocycles. The van der Waals surface area contributed by atoms with Gasteiger partial charge in [-0.05, 0) is 48.8 Å². The van der Waals surface area contributed by atoms with Crippen molar-refractivity contribution in [2.75, 3.05) is 12.3 Å². The average Bonchev–Trinajstić information content (AvgIpc) is 2.81. The maximum Gasteiger partial charge on any atom is 0.220 e. The highest BCUT2D eigenvalue weighted by molar-refractivity contribution is 5.76. The van der Waals surface area contributed by atoms with Crippen molar-refractivity contribution in [2.45, 2.75) is 39.0 Å². The number of nitrogen functional groups attached to an aromatic ring is 1. The fourth-order valence-corrected chi connectivity index (χ4v) is 2.80. The van der Waals surface area contributed by atoms with E-state index in [4.69, 9.17) is 5.73 Å². The number of nitrogens with one attached hydrogen (secondary N) is 1. The molecule has 3 heteroatoms. The van der Waals surface area contributed by atoms with Gasteiger partial charge in [0.25, 0.3) is 0 Å². The van der Waals surface area contributed by atoms with E-state index in [0.717, 1.165) is 24.6 Å². The van der Waals surface area contributed by atoms with Crippen molar-refractivity contribution in [1.82, 2.24) is 5.32 Å². The highest BCUT2D eigenvalue weighted by Gasteiger charge is 2.21. The minimum Gasteiger partial charge on any atom is -0.399 e. The largest absolute Gasteiger partial charge is 0.399 e. The number of benzene rings is 1. The maximum atomic E-state index is 11.8. The van der Waals surface area contributed by atoms with Gasteiger partial charge in [0, 0.05) is 18.7 Å². The van der Waals surface area contributed by atoms with Crippen molar-refractivity contribution in [3.8, 4) is 0 Å². The molecule has 1 aliphatic rings. The molecule has 0 spiro atoms. The molecule has 104 valence electrons. The van der Waals surface area contributed by atoms with Gasteiger partial charge in [-0.3, -0.25) is 4.79 Å². The average molecular weight is 260 g/mol. The molecule has 19 heavy (non-hydrogen) atoms. The van der Waals surface area contributed by atoms with Gasteiger partial charge in [-0.15, -0.1) is 0 Å². The smallest absolute Gasteiger partial charge is 0.220 e. The molecule has 2 atom stereocenters. The molecule has 1 saturated carbocycles. The number of rotatable bonds is 5. The summed E-state index contributed by atoms with van der Waals surface area (Å²) in [6.07, 6.45) is 5.18. The molecule has 1 amide bonds. The van der Waals surface area contributed by atoms with Crippen LogP contribution >= 0.6 is 0 Å². The first-order valence-electron chi connectivity index (χ1n) is 7.24. The van der Waals surface area contributed by atoms with Crippen molar-refractivity contribution < 1.29 is 4.79 Å². The first-order valence-corrected chi connectivity index (χ1v) is 7.24. The molecule has 0 aromatic heterocycles. The number of amides is 1. The second-order valence-corrected chi connectivity index (χ2v) is 5.83. The van der Waals surface area contributed by atoms with E-state index in [-0.39, 0.29) is 5.91 Å². The van der Waals surface area contributed by atoms with Crippen molar-refractivity contribution in [2.24, 2.45) is 11.8 Å². The summed E-state index contributed by atoms with van der Waals surface area (Å²) in [6.45, 7) is 3.15. The van der Waals surface area contributed by atoms with Crippen LogP contribution in [0.4, 0.5) is 5.69 Å².